The van der Waals surface area contributed by atoms with Gasteiger partial charge in [0.05, 0.1) is 24.5 Å². The highest BCUT2D eigenvalue weighted by molar-refractivity contribution is 5.95. The molecule has 0 saturated carbocycles. The summed E-state index contributed by atoms with van der Waals surface area (Å²) in [5.74, 6) is -0.280. The summed E-state index contributed by atoms with van der Waals surface area (Å²) in [5.41, 5.74) is 1.72. The number of piperazine rings is 1. The topological polar surface area (TPSA) is 104 Å². The molecule has 4 rings (SSSR count). The number of carbonyl (C=O) groups is 3. The molecule has 2 aliphatic rings. The van der Waals surface area contributed by atoms with E-state index in [2.05, 4.69) is 15.5 Å². The molecule has 2 aliphatic heterocycles. The molecule has 1 saturated heterocycles. The zero-order valence-corrected chi connectivity index (χ0v) is 17.9. The zero-order chi connectivity index (χ0) is 22.5. The molecule has 0 spiro atoms. The Morgan fingerprint density at radius 1 is 1.09 bits per heavy atom. The van der Waals surface area contributed by atoms with Crippen molar-refractivity contribution in [3.63, 3.8) is 0 Å². The van der Waals surface area contributed by atoms with Gasteiger partial charge in [-0.1, -0.05) is 30.3 Å². The summed E-state index contributed by atoms with van der Waals surface area (Å²) in [6.45, 7) is 4.61. The summed E-state index contributed by atoms with van der Waals surface area (Å²) in [6.07, 6.45) is 1.48. The lowest BCUT2D eigenvalue weighted by Gasteiger charge is -2.36. The van der Waals surface area contributed by atoms with Crippen molar-refractivity contribution in [3.8, 4) is 0 Å². The van der Waals surface area contributed by atoms with Gasteiger partial charge in [0.15, 0.2) is 5.76 Å². The minimum absolute atomic E-state index is 0.139. The van der Waals surface area contributed by atoms with Crippen molar-refractivity contribution in [2.24, 2.45) is 0 Å². The molecule has 32 heavy (non-hydrogen) atoms. The van der Waals surface area contributed by atoms with E-state index in [4.69, 9.17) is 9.15 Å². The largest absolute Gasteiger partial charge is 0.463 e. The number of amides is 3. The van der Waals surface area contributed by atoms with E-state index in [9.17, 15) is 14.4 Å². The van der Waals surface area contributed by atoms with Crippen LogP contribution in [0.1, 0.15) is 29.1 Å². The standard InChI is InChI=1S/C23H26N4O5/c1-2-31-22(29)19-17(24-23(30)25-20(19)16-7-4-3-5-8-16)15-26-10-12-27(13-11-26)21(28)18-9-6-14-32-18/h3-9,14,20H,2,10-13,15H2,1H3,(H2,24,25,30)/t20-/m0/s1. The van der Waals surface area contributed by atoms with E-state index in [1.807, 2.05) is 30.3 Å². The highest BCUT2D eigenvalue weighted by Gasteiger charge is 2.35. The van der Waals surface area contributed by atoms with Crippen LogP contribution >= 0.6 is 0 Å². The average Bonchev–Trinajstić information content (AvgIpc) is 3.34. The van der Waals surface area contributed by atoms with E-state index in [0.717, 1.165) is 5.56 Å². The fourth-order valence-electron chi connectivity index (χ4n) is 3.98. The predicted octanol–water partition coefficient (Wildman–Crippen LogP) is 1.91. The van der Waals surface area contributed by atoms with Crippen LogP contribution in [0.2, 0.25) is 0 Å². The van der Waals surface area contributed by atoms with Crippen LogP contribution in [-0.4, -0.2) is 67.0 Å². The molecule has 3 amide bonds. The second kappa shape index (κ2) is 9.69. The van der Waals surface area contributed by atoms with Gasteiger partial charge in [-0.05, 0) is 24.6 Å². The van der Waals surface area contributed by atoms with Crippen molar-refractivity contribution < 1.29 is 23.5 Å². The first kappa shape index (κ1) is 21.6. The fraction of sp³-hybridized carbons (Fsp3) is 0.348. The van der Waals surface area contributed by atoms with Crippen LogP contribution in [0, 0.1) is 0 Å². The molecule has 1 aromatic heterocycles. The number of hydrogen-bond acceptors (Lipinski definition) is 6. The maximum absolute atomic E-state index is 12.9. The second-order valence-electron chi connectivity index (χ2n) is 7.60. The van der Waals surface area contributed by atoms with Gasteiger partial charge >= 0.3 is 12.0 Å². The summed E-state index contributed by atoms with van der Waals surface area (Å²) in [7, 11) is 0. The first-order chi connectivity index (χ1) is 15.6. The van der Waals surface area contributed by atoms with Crippen molar-refractivity contribution in [1.29, 1.82) is 0 Å². The summed E-state index contributed by atoms with van der Waals surface area (Å²) < 4.78 is 10.5. The Kier molecular flexibility index (Phi) is 6.55. The number of carbonyl (C=O) groups excluding carboxylic acids is 3. The summed E-state index contributed by atoms with van der Waals surface area (Å²) in [4.78, 5) is 41.6. The zero-order valence-electron chi connectivity index (χ0n) is 17.9. The van der Waals surface area contributed by atoms with E-state index in [0.29, 0.717) is 49.8 Å². The number of esters is 1. The summed E-state index contributed by atoms with van der Waals surface area (Å²) >= 11 is 0. The van der Waals surface area contributed by atoms with Crippen LogP contribution in [0.3, 0.4) is 0 Å². The van der Waals surface area contributed by atoms with Crippen molar-refractivity contribution in [1.82, 2.24) is 20.4 Å². The highest BCUT2D eigenvalue weighted by Crippen LogP contribution is 2.28. The van der Waals surface area contributed by atoms with E-state index < -0.39 is 12.0 Å². The lowest BCUT2D eigenvalue weighted by molar-refractivity contribution is -0.139. The highest BCUT2D eigenvalue weighted by atomic mass is 16.5. The van der Waals surface area contributed by atoms with Gasteiger partial charge in [-0.2, -0.15) is 0 Å². The number of nitrogens with zero attached hydrogens (tertiary/aromatic N) is 2. The third kappa shape index (κ3) is 4.67. The van der Waals surface area contributed by atoms with Gasteiger partial charge in [0.1, 0.15) is 0 Å². The molecule has 0 bridgehead atoms. The molecule has 9 nitrogen and oxygen atoms in total. The van der Waals surface area contributed by atoms with Crippen LogP contribution in [0.5, 0.6) is 0 Å². The normalized spacial score (nSPS) is 19.3. The molecule has 0 unspecified atom stereocenters. The molecule has 1 atom stereocenters. The Hall–Kier alpha value is -3.59. The van der Waals surface area contributed by atoms with Crippen molar-refractivity contribution in [2.75, 3.05) is 39.3 Å². The van der Waals surface area contributed by atoms with E-state index in [1.54, 1.807) is 24.0 Å². The van der Waals surface area contributed by atoms with Gasteiger partial charge in [0.25, 0.3) is 5.91 Å². The Labute approximate surface area is 186 Å². The third-order valence-electron chi connectivity index (χ3n) is 5.56. The molecular weight excluding hydrogens is 412 g/mol. The molecule has 1 aromatic carbocycles. The van der Waals surface area contributed by atoms with Crippen LogP contribution < -0.4 is 10.6 Å². The molecule has 2 aromatic rings. The molecule has 1 fully saturated rings. The number of rotatable bonds is 6. The van der Waals surface area contributed by atoms with Crippen LogP contribution in [-0.2, 0) is 9.53 Å². The van der Waals surface area contributed by atoms with Gasteiger partial charge in [-0.25, -0.2) is 9.59 Å². The van der Waals surface area contributed by atoms with E-state index in [-0.39, 0.29) is 18.5 Å². The first-order valence-electron chi connectivity index (χ1n) is 10.6. The van der Waals surface area contributed by atoms with Gasteiger partial charge in [-0.15, -0.1) is 0 Å². The Morgan fingerprint density at radius 2 is 1.84 bits per heavy atom. The maximum atomic E-state index is 12.9. The van der Waals surface area contributed by atoms with E-state index in [1.165, 1.54) is 6.26 Å². The SMILES string of the molecule is CCOC(=O)C1=C(CN2CCN(C(=O)c3ccco3)CC2)NC(=O)N[C@H]1c1ccccc1. The molecule has 0 radical (unpaired) electrons. The fourth-order valence-corrected chi connectivity index (χ4v) is 3.98. The lowest BCUT2D eigenvalue weighted by Crippen LogP contribution is -2.52. The Morgan fingerprint density at radius 3 is 2.50 bits per heavy atom. The second-order valence-corrected chi connectivity index (χ2v) is 7.60. The summed E-state index contributed by atoms with van der Waals surface area (Å²) in [5, 5.41) is 5.64. The molecule has 168 valence electrons. The van der Waals surface area contributed by atoms with Crippen LogP contribution in [0.25, 0.3) is 0 Å². The van der Waals surface area contributed by atoms with Crippen LogP contribution in [0.15, 0.2) is 64.4 Å². The number of urea groups is 1. The maximum Gasteiger partial charge on any atom is 0.338 e. The molecule has 9 heteroatoms. The molecule has 3 heterocycles. The van der Waals surface area contributed by atoms with Gasteiger partial charge in [0, 0.05) is 38.4 Å². The van der Waals surface area contributed by atoms with E-state index >= 15 is 0 Å². The van der Waals surface area contributed by atoms with Crippen molar-refractivity contribution >= 4 is 17.9 Å². The smallest absolute Gasteiger partial charge is 0.338 e. The quantitative estimate of drug-likeness (QED) is 0.668. The van der Waals surface area contributed by atoms with Crippen LogP contribution in [0.4, 0.5) is 4.79 Å². The minimum atomic E-state index is -0.596. The number of furan rings is 1. The third-order valence-corrected chi connectivity index (χ3v) is 5.56. The number of benzene rings is 1. The van der Waals surface area contributed by atoms with Gasteiger partial charge in [0.2, 0.25) is 0 Å². The van der Waals surface area contributed by atoms with Gasteiger partial charge in [-0.3, -0.25) is 9.69 Å². The molecule has 0 aliphatic carbocycles. The van der Waals surface area contributed by atoms with Gasteiger partial charge < -0.3 is 24.7 Å². The summed E-state index contributed by atoms with van der Waals surface area (Å²) in [6, 6.07) is 11.7. The molecule has 2 N–H and O–H groups in total. The minimum Gasteiger partial charge on any atom is -0.463 e. The predicted molar refractivity (Wildman–Crippen MR) is 116 cm³/mol. The number of hydrogen-bond donors (Lipinski definition) is 2. The first-order valence-corrected chi connectivity index (χ1v) is 10.6. The number of nitrogens with one attached hydrogen (secondary N) is 2. The monoisotopic (exact) mass is 438 g/mol. The Balaban J connectivity index is 1.52. The Bertz CT molecular complexity index is 995. The molecular formula is C23H26N4O5. The number of ether oxygens (including phenoxy) is 1. The van der Waals surface area contributed by atoms with Crippen molar-refractivity contribution in [3.05, 3.63) is 71.3 Å². The van der Waals surface area contributed by atoms with Crippen molar-refractivity contribution in [2.45, 2.75) is 13.0 Å². The lowest BCUT2D eigenvalue weighted by atomic mass is 9.95. The average molecular weight is 438 g/mol.